The maximum Gasteiger partial charge on any atom is 0.356 e. The molecule has 0 spiro atoms. The van der Waals surface area contributed by atoms with Crippen molar-refractivity contribution in [3.63, 3.8) is 0 Å². The first-order chi connectivity index (χ1) is 8.66. The number of aromatic amines is 1. The van der Waals surface area contributed by atoms with Crippen LogP contribution in [0.2, 0.25) is 0 Å². The van der Waals surface area contributed by atoms with E-state index in [4.69, 9.17) is 5.11 Å². The van der Waals surface area contributed by atoms with Crippen LogP contribution in [0.1, 0.15) is 16.2 Å². The van der Waals surface area contributed by atoms with Gasteiger partial charge in [-0.2, -0.15) is 4.98 Å². The summed E-state index contributed by atoms with van der Waals surface area (Å²) in [5.41, 5.74) is 1.35. The molecule has 0 saturated heterocycles. The van der Waals surface area contributed by atoms with Crippen molar-refractivity contribution in [1.29, 1.82) is 0 Å². The third-order valence-electron chi connectivity index (χ3n) is 2.62. The predicted octanol–water partition coefficient (Wildman–Crippen LogP) is 1.13. The molecule has 0 amide bonds. The van der Waals surface area contributed by atoms with Crippen LogP contribution in [-0.2, 0) is 0 Å². The van der Waals surface area contributed by atoms with Crippen LogP contribution in [0.5, 0.6) is 0 Å². The zero-order valence-electron chi connectivity index (χ0n) is 9.45. The number of H-pyrrole nitrogens is 1. The molecule has 0 aliphatic carbocycles. The number of hydrogen-bond donors (Lipinski definition) is 2. The van der Waals surface area contributed by atoms with E-state index >= 15 is 0 Å². The number of pyridine rings is 1. The van der Waals surface area contributed by atoms with Crippen molar-refractivity contribution in [3.05, 3.63) is 35.9 Å². The van der Waals surface area contributed by atoms with Crippen LogP contribution in [0, 0.1) is 6.92 Å². The average molecular weight is 243 g/mol. The molecule has 0 unspecified atom stereocenters. The number of aromatic nitrogens is 5. The number of aryl methyl sites for hydroxylation is 1. The van der Waals surface area contributed by atoms with Gasteiger partial charge in [-0.25, -0.2) is 14.3 Å². The van der Waals surface area contributed by atoms with E-state index in [1.807, 2.05) is 0 Å². The highest BCUT2D eigenvalue weighted by atomic mass is 16.4. The zero-order chi connectivity index (χ0) is 12.7. The van der Waals surface area contributed by atoms with Crippen LogP contribution in [0.15, 0.2) is 24.5 Å². The van der Waals surface area contributed by atoms with Gasteiger partial charge in [0.05, 0.1) is 5.69 Å². The number of rotatable bonds is 2. The van der Waals surface area contributed by atoms with Crippen molar-refractivity contribution in [2.45, 2.75) is 6.92 Å². The molecule has 0 radical (unpaired) electrons. The number of imidazole rings is 1. The van der Waals surface area contributed by atoms with E-state index in [0.717, 1.165) is 5.56 Å². The summed E-state index contributed by atoms with van der Waals surface area (Å²) in [4.78, 5) is 23.4. The Morgan fingerprint density at radius 2 is 2.06 bits per heavy atom. The van der Waals surface area contributed by atoms with Gasteiger partial charge in [0.25, 0.3) is 5.78 Å². The Balaban J connectivity index is 2.21. The molecular weight excluding hydrogens is 234 g/mol. The highest BCUT2D eigenvalue weighted by molar-refractivity contribution is 5.88. The number of nitrogens with one attached hydrogen (secondary N) is 1. The van der Waals surface area contributed by atoms with Crippen LogP contribution >= 0.6 is 0 Å². The smallest absolute Gasteiger partial charge is 0.356 e. The first kappa shape index (κ1) is 10.5. The van der Waals surface area contributed by atoms with E-state index in [0.29, 0.717) is 17.3 Å². The molecule has 3 aromatic heterocycles. The molecule has 0 aliphatic heterocycles. The second-order valence-electron chi connectivity index (χ2n) is 3.79. The normalized spacial score (nSPS) is 10.9. The van der Waals surface area contributed by atoms with Crippen molar-refractivity contribution in [1.82, 2.24) is 24.6 Å². The van der Waals surface area contributed by atoms with Crippen LogP contribution in [0.4, 0.5) is 0 Å². The monoisotopic (exact) mass is 243 g/mol. The van der Waals surface area contributed by atoms with E-state index < -0.39 is 5.97 Å². The second kappa shape index (κ2) is 3.66. The van der Waals surface area contributed by atoms with Crippen LogP contribution in [-0.4, -0.2) is 35.6 Å². The SMILES string of the molecule is Cc1nc2nc(-c3ccncc3)[nH]n2c1C(=O)O. The van der Waals surface area contributed by atoms with Crippen LogP contribution in [0.25, 0.3) is 17.2 Å². The summed E-state index contributed by atoms with van der Waals surface area (Å²) in [6.07, 6.45) is 3.29. The first-order valence-corrected chi connectivity index (χ1v) is 5.25. The van der Waals surface area contributed by atoms with E-state index in [9.17, 15) is 4.79 Å². The van der Waals surface area contributed by atoms with Gasteiger partial charge in [-0.15, -0.1) is 0 Å². The summed E-state index contributed by atoms with van der Waals surface area (Å²) in [6.45, 7) is 1.64. The highest BCUT2D eigenvalue weighted by Crippen LogP contribution is 2.17. The number of carbonyl (C=O) groups is 1. The molecule has 3 rings (SSSR count). The molecule has 2 N–H and O–H groups in total. The van der Waals surface area contributed by atoms with Crippen LogP contribution < -0.4 is 0 Å². The number of hydrogen-bond acceptors (Lipinski definition) is 4. The molecule has 7 nitrogen and oxygen atoms in total. The summed E-state index contributed by atoms with van der Waals surface area (Å²) in [5, 5.41) is 12.0. The Bertz CT molecular complexity index is 729. The van der Waals surface area contributed by atoms with Gasteiger partial charge >= 0.3 is 5.97 Å². The average Bonchev–Trinajstić information content (AvgIpc) is 2.85. The van der Waals surface area contributed by atoms with Gasteiger partial charge in [-0.1, -0.05) is 0 Å². The molecular formula is C11H9N5O2. The minimum absolute atomic E-state index is 0.0952. The number of nitrogens with zero attached hydrogens (tertiary/aromatic N) is 4. The lowest BCUT2D eigenvalue weighted by molar-refractivity contribution is 0.0687. The molecule has 3 heterocycles. The minimum Gasteiger partial charge on any atom is -0.476 e. The van der Waals surface area contributed by atoms with E-state index in [1.54, 1.807) is 31.5 Å². The van der Waals surface area contributed by atoms with Gasteiger partial charge in [0, 0.05) is 18.0 Å². The summed E-state index contributed by atoms with van der Waals surface area (Å²) >= 11 is 0. The van der Waals surface area contributed by atoms with Crippen LogP contribution in [0.3, 0.4) is 0 Å². The maximum atomic E-state index is 11.1. The molecule has 0 atom stereocenters. The number of fused-ring (bicyclic) bond motifs is 1. The summed E-state index contributed by atoms with van der Waals surface area (Å²) in [5.74, 6) is -0.135. The molecule has 0 aliphatic rings. The molecule has 0 fully saturated rings. The number of aromatic carboxylic acids is 1. The third kappa shape index (κ3) is 1.45. The fourth-order valence-corrected chi connectivity index (χ4v) is 1.82. The standard InChI is InChI=1S/C11H9N5O2/c1-6-8(10(17)18)16-11(13-6)14-9(15-16)7-2-4-12-5-3-7/h2-5H,1H3,(H,17,18)(H,13,14,15). The summed E-state index contributed by atoms with van der Waals surface area (Å²) < 4.78 is 1.37. The fourth-order valence-electron chi connectivity index (χ4n) is 1.82. The zero-order valence-corrected chi connectivity index (χ0v) is 9.45. The molecule has 3 aromatic rings. The van der Waals surface area contributed by atoms with Crippen molar-refractivity contribution in [3.8, 4) is 11.4 Å². The quantitative estimate of drug-likeness (QED) is 0.703. The third-order valence-corrected chi connectivity index (χ3v) is 2.62. The molecule has 7 heteroatoms. The lowest BCUT2D eigenvalue weighted by Crippen LogP contribution is -2.04. The molecule has 90 valence electrons. The van der Waals surface area contributed by atoms with E-state index in [2.05, 4.69) is 20.1 Å². The fraction of sp³-hybridized carbons (Fsp3) is 0.0909. The Labute approximate surface area is 101 Å². The van der Waals surface area contributed by atoms with Crippen molar-refractivity contribution in [2.75, 3.05) is 0 Å². The highest BCUT2D eigenvalue weighted by Gasteiger charge is 2.18. The van der Waals surface area contributed by atoms with Crippen molar-refractivity contribution < 1.29 is 9.90 Å². The largest absolute Gasteiger partial charge is 0.476 e. The maximum absolute atomic E-state index is 11.1. The van der Waals surface area contributed by atoms with Crippen molar-refractivity contribution in [2.24, 2.45) is 0 Å². The van der Waals surface area contributed by atoms with Gasteiger partial charge < -0.3 is 5.11 Å². The summed E-state index contributed by atoms with van der Waals surface area (Å²) in [6, 6.07) is 3.57. The first-order valence-electron chi connectivity index (χ1n) is 5.25. The lowest BCUT2D eigenvalue weighted by atomic mass is 10.3. The molecule has 0 aromatic carbocycles. The Kier molecular flexibility index (Phi) is 2.12. The van der Waals surface area contributed by atoms with E-state index in [-0.39, 0.29) is 5.69 Å². The molecule has 0 saturated carbocycles. The van der Waals surface area contributed by atoms with Gasteiger partial charge in [-0.3, -0.25) is 10.1 Å². The molecule has 0 bridgehead atoms. The van der Waals surface area contributed by atoms with Gasteiger partial charge in [-0.05, 0) is 19.1 Å². The Hall–Kier alpha value is -2.70. The molecule has 18 heavy (non-hydrogen) atoms. The van der Waals surface area contributed by atoms with Crippen molar-refractivity contribution >= 4 is 11.7 Å². The Morgan fingerprint density at radius 1 is 1.33 bits per heavy atom. The number of carboxylic acid groups (broad SMARTS) is 1. The van der Waals surface area contributed by atoms with Gasteiger partial charge in [0.2, 0.25) is 0 Å². The second-order valence-corrected chi connectivity index (χ2v) is 3.79. The van der Waals surface area contributed by atoms with Gasteiger partial charge in [0.15, 0.2) is 11.5 Å². The number of carboxylic acids is 1. The topological polar surface area (TPSA) is 96.2 Å². The minimum atomic E-state index is -1.04. The predicted molar refractivity (Wildman–Crippen MR) is 62.3 cm³/mol. The van der Waals surface area contributed by atoms with Gasteiger partial charge in [0.1, 0.15) is 0 Å². The Morgan fingerprint density at radius 3 is 2.72 bits per heavy atom. The summed E-state index contributed by atoms with van der Waals surface area (Å²) in [7, 11) is 0. The van der Waals surface area contributed by atoms with E-state index in [1.165, 1.54) is 4.52 Å². The lowest BCUT2D eigenvalue weighted by Gasteiger charge is -1.95.